The average molecular weight is 495 g/mol. The lowest BCUT2D eigenvalue weighted by Crippen LogP contribution is -2.16. The molecular weight excluding hydrogens is 480 g/mol. The van der Waals surface area contributed by atoms with Gasteiger partial charge in [0.2, 0.25) is 16.9 Å². The molecule has 0 radical (unpaired) electrons. The van der Waals surface area contributed by atoms with Gasteiger partial charge in [-0.1, -0.05) is 28.1 Å². The van der Waals surface area contributed by atoms with Crippen molar-refractivity contribution in [2.24, 2.45) is 5.73 Å². The molecule has 13 heteroatoms. The van der Waals surface area contributed by atoms with Crippen molar-refractivity contribution in [3.8, 4) is 10.6 Å². The van der Waals surface area contributed by atoms with Crippen molar-refractivity contribution < 1.29 is 14.1 Å². The van der Waals surface area contributed by atoms with Gasteiger partial charge < -0.3 is 20.9 Å². The largest absolute Gasteiger partial charge is 0.366 e. The van der Waals surface area contributed by atoms with Crippen molar-refractivity contribution >= 4 is 62.2 Å². The van der Waals surface area contributed by atoms with Crippen LogP contribution in [0.25, 0.3) is 21.5 Å². The molecule has 5 N–H and O–H groups in total. The number of rotatable bonds is 7. The number of anilines is 3. The summed E-state index contributed by atoms with van der Waals surface area (Å²) >= 11 is 7.71. The summed E-state index contributed by atoms with van der Waals surface area (Å²) in [7, 11) is 0. The molecule has 2 amide bonds. The first-order chi connectivity index (χ1) is 16.5. The van der Waals surface area contributed by atoms with Gasteiger partial charge in [-0.2, -0.15) is 5.10 Å². The SMILES string of the molecule is NC(=O)c1cc(NC(=O)Cc2ccon2)cc(-c2nnc(Nc3ccc4[nH]ncc4c3Cl)s2)c1. The normalized spacial score (nSPS) is 11.0. The van der Waals surface area contributed by atoms with E-state index in [-0.39, 0.29) is 17.9 Å². The second kappa shape index (κ2) is 8.92. The number of amides is 2. The molecular formula is C21H15ClN8O3S. The molecule has 0 spiro atoms. The van der Waals surface area contributed by atoms with Gasteiger partial charge in [-0.15, -0.1) is 10.2 Å². The summed E-state index contributed by atoms with van der Waals surface area (Å²) in [6, 6.07) is 10.0. The molecule has 0 bridgehead atoms. The van der Waals surface area contributed by atoms with E-state index in [1.807, 2.05) is 6.07 Å². The molecule has 0 atom stereocenters. The molecule has 3 heterocycles. The Hall–Kier alpha value is -4.29. The second-order valence-corrected chi connectivity index (χ2v) is 8.53. The maximum absolute atomic E-state index is 12.4. The van der Waals surface area contributed by atoms with E-state index in [4.69, 9.17) is 21.9 Å². The lowest BCUT2D eigenvalue weighted by molar-refractivity contribution is -0.115. The zero-order valence-corrected chi connectivity index (χ0v) is 18.8. The number of carbonyl (C=O) groups excluding carboxylic acids is 2. The Morgan fingerprint density at radius 2 is 2.06 bits per heavy atom. The van der Waals surface area contributed by atoms with Gasteiger partial charge >= 0.3 is 0 Å². The van der Waals surface area contributed by atoms with Crippen LogP contribution in [0.2, 0.25) is 5.02 Å². The molecule has 0 saturated heterocycles. The molecule has 0 aliphatic rings. The van der Waals surface area contributed by atoms with Gasteiger partial charge in [0, 0.05) is 28.3 Å². The lowest BCUT2D eigenvalue weighted by atomic mass is 10.1. The van der Waals surface area contributed by atoms with Crippen molar-refractivity contribution in [2.75, 3.05) is 10.6 Å². The molecule has 2 aromatic carbocycles. The molecule has 0 saturated carbocycles. The number of H-pyrrole nitrogens is 1. The fourth-order valence-electron chi connectivity index (χ4n) is 3.25. The second-order valence-electron chi connectivity index (χ2n) is 7.17. The summed E-state index contributed by atoms with van der Waals surface area (Å²) in [5.41, 5.74) is 8.60. The minimum absolute atomic E-state index is 0.0152. The fraction of sp³-hybridized carbons (Fsp3) is 0.0476. The average Bonchev–Trinajstić information content (AvgIpc) is 3.57. The van der Waals surface area contributed by atoms with E-state index in [0.717, 1.165) is 10.9 Å². The first kappa shape index (κ1) is 21.6. The first-order valence-electron chi connectivity index (χ1n) is 9.83. The number of nitrogens with zero attached hydrogens (tertiary/aromatic N) is 4. The number of fused-ring (bicyclic) bond motifs is 1. The Bertz CT molecular complexity index is 1510. The zero-order chi connectivity index (χ0) is 23.7. The zero-order valence-electron chi connectivity index (χ0n) is 17.2. The number of nitrogens with one attached hydrogen (secondary N) is 3. The van der Waals surface area contributed by atoms with Gasteiger partial charge in [0.05, 0.1) is 34.5 Å². The summed E-state index contributed by atoms with van der Waals surface area (Å²) in [6.07, 6.45) is 3.04. The predicted molar refractivity (Wildman–Crippen MR) is 127 cm³/mol. The standard InChI is InChI=1S/C21H15ClN8O3S/c22-18-14-9-24-27-15(14)1-2-16(18)26-21-29-28-20(34-21)11-5-10(19(23)32)6-13(7-11)25-17(31)8-12-3-4-33-30-12/h1-7,9H,8H2,(H2,23,32)(H,24,27)(H,25,31)(H,26,29). The van der Waals surface area contributed by atoms with E-state index in [0.29, 0.717) is 37.8 Å². The molecule has 0 aliphatic heterocycles. The number of benzene rings is 2. The van der Waals surface area contributed by atoms with Crippen LogP contribution >= 0.6 is 22.9 Å². The van der Waals surface area contributed by atoms with E-state index in [1.165, 1.54) is 23.7 Å². The van der Waals surface area contributed by atoms with Crippen LogP contribution in [-0.4, -0.2) is 37.4 Å². The summed E-state index contributed by atoms with van der Waals surface area (Å²) in [5, 5.41) is 27.1. The van der Waals surface area contributed by atoms with E-state index in [9.17, 15) is 9.59 Å². The van der Waals surface area contributed by atoms with Gasteiger partial charge in [-0.25, -0.2) is 0 Å². The molecule has 34 heavy (non-hydrogen) atoms. The van der Waals surface area contributed by atoms with Crippen LogP contribution in [0.15, 0.2) is 53.4 Å². The highest BCUT2D eigenvalue weighted by atomic mass is 35.5. The van der Waals surface area contributed by atoms with E-state index >= 15 is 0 Å². The number of nitrogens with two attached hydrogens (primary N) is 1. The molecule has 5 aromatic rings. The maximum Gasteiger partial charge on any atom is 0.248 e. The highest BCUT2D eigenvalue weighted by Crippen LogP contribution is 2.35. The molecule has 0 fully saturated rings. The monoisotopic (exact) mass is 494 g/mol. The van der Waals surface area contributed by atoms with Crippen molar-refractivity contribution in [1.82, 2.24) is 25.6 Å². The number of hydrogen-bond acceptors (Lipinski definition) is 9. The molecule has 0 unspecified atom stereocenters. The number of aromatic nitrogens is 5. The van der Waals surface area contributed by atoms with E-state index in [1.54, 1.807) is 30.5 Å². The Kier molecular flexibility index (Phi) is 5.65. The molecule has 0 aliphatic carbocycles. The topological polar surface area (TPSA) is 165 Å². The van der Waals surface area contributed by atoms with Crippen LogP contribution < -0.4 is 16.4 Å². The van der Waals surface area contributed by atoms with Crippen LogP contribution in [0.1, 0.15) is 16.1 Å². The number of hydrogen-bond donors (Lipinski definition) is 4. The third-order valence-electron chi connectivity index (χ3n) is 4.81. The minimum atomic E-state index is -0.642. The van der Waals surface area contributed by atoms with Crippen LogP contribution in [-0.2, 0) is 11.2 Å². The summed E-state index contributed by atoms with van der Waals surface area (Å²) in [5.74, 6) is -0.970. The van der Waals surface area contributed by atoms with Crippen LogP contribution in [0.5, 0.6) is 0 Å². The molecule has 5 rings (SSSR count). The number of halogens is 1. The lowest BCUT2D eigenvalue weighted by Gasteiger charge is -2.08. The maximum atomic E-state index is 12.4. The smallest absolute Gasteiger partial charge is 0.248 e. The molecule has 11 nitrogen and oxygen atoms in total. The Morgan fingerprint density at radius 3 is 2.85 bits per heavy atom. The quantitative estimate of drug-likeness (QED) is 0.265. The van der Waals surface area contributed by atoms with E-state index in [2.05, 4.69) is 36.2 Å². The third-order valence-corrected chi connectivity index (χ3v) is 6.10. The third kappa shape index (κ3) is 4.44. The van der Waals surface area contributed by atoms with Gasteiger partial charge in [-0.05, 0) is 30.3 Å². The van der Waals surface area contributed by atoms with Gasteiger partial charge in [0.1, 0.15) is 11.3 Å². The fourth-order valence-corrected chi connectivity index (χ4v) is 4.25. The van der Waals surface area contributed by atoms with Gasteiger partial charge in [0.25, 0.3) is 0 Å². The number of carbonyl (C=O) groups is 2. The van der Waals surface area contributed by atoms with Crippen molar-refractivity contribution in [3.63, 3.8) is 0 Å². The Labute approximate surface area is 200 Å². The van der Waals surface area contributed by atoms with Crippen molar-refractivity contribution in [2.45, 2.75) is 6.42 Å². The first-order valence-corrected chi connectivity index (χ1v) is 11.0. The summed E-state index contributed by atoms with van der Waals surface area (Å²) in [4.78, 5) is 24.2. The van der Waals surface area contributed by atoms with Crippen LogP contribution in [0.4, 0.5) is 16.5 Å². The Morgan fingerprint density at radius 1 is 1.18 bits per heavy atom. The van der Waals surface area contributed by atoms with Crippen LogP contribution in [0, 0.1) is 0 Å². The number of aromatic amines is 1. The molecule has 3 aromatic heterocycles. The highest BCUT2D eigenvalue weighted by molar-refractivity contribution is 7.18. The Balaban J connectivity index is 1.40. The number of primary amides is 1. The van der Waals surface area contributed by atoms with Gasteiger partial charge in [0.15, 0.2) is 0 Å². The van der Waals surface area contributed by atoms with Crippen LogP contribution in [0.3, 0.4) is 0 Å². The van der Waals surface area contributed by atoms with E-state index < -0.39 is 5.91 Å². The molecule has 170 valence electrons. The summed E-state index contributed by atoms with van der Waals surface area (Å²) in [6.45, 7) is 0. The van der Waals surface area contributed by atoms with Gasteiger partial charge in [-0.3, -0.25) is 14.7 Å². The predicted octanol–water partition coefficient (Wildman–Crippen LogP) is 3.75. The minimum Gasteiger partial charge on any atom is -0.366 e. The van der Waals surface area contributed by atoms with Crippen molar-refractivity contribution in [1.29, 1.82) is 0 Å². The highest BCUT2D eigenvalue weighted by Gasteiger charge is 2.15. The summed E-state index contributed by atoms with van der Waals surface area (Å²) < 4.78 is 4.74. The van der Waals surface area contributed by atoms with Crippen molar-refractivity contribution in [3.05, 3.63) is 65.1 Å².